The third-order valence-corrected chi connectivity index (χ3v) is 3.10. The summed E-state index contributed by atoms with van der Waals surface area (Å²) in [5.41, 5.74) is 1.26. The lowest BCUT2D eigenvalue weighted by Gasteiger charge is -2.13. The number of carbonyl (C=O) groups is 1. The molecule has 0 atom stereocenters. The molecule has 0 aliphatic carbocycles. The van der Waals surface area contributed by atoms with E-state index in [2.05, 4.69) is 34.4 Å². The summed E-state index contributed by atoms with van der Waals surface area (Å²) in [7, 11) is 0. The molecule has 2 aromatic rings. The number of benzene rings is 1. The summed E-state index contributed by atoms with van der Waals surface area (Å²) in [6, 6.07) is 11.4. The van der Waals surface area contributed by atoms with Crippen molar-refractivity contribution in [1.29, 1.82) is 0 Å². The largest absolute Gasteiger partial charge is 0.370 e. The summed E-state index contributed by atoms with van der Waals surface area (Å²) in [6.45, 7) is 8.89. The monoisotopic (exact) mass is 312 g/mol. The van der Waals surface area contributed by atoms with Crippen LogP contribution in [0.25, 0.3) is 11.4 Å². The third kappa shape index (κ3) is 5.06. The van der Waals surface area contributed by atoms with Crippen molar-refractivity contribution in [3.05, 3.63) is 42.1 Å². The molecule has 1 amide bonds. The molecule has 0 saturated heterocycles. The maximum Gasteiger partial charge on any atom is 0.270 e. The number of nitrogens with zero attached hydrogens (tertiary/aromatic N) is 2. The second-order valence-electron chi connectivity index (χ2n) is 6.23. The van der Waals surface area contributed by atoms with Crippen molar-refractivity contribution >= 4 is 11.7 Å². The van der Waals surface area contributed by atoms with Crippen LogP contribution in [0.2, 0.25) is 0 Å². The zero-order valence-electron chi connectivity index (χ0n) is 14.1. The first-order chi connectivity index (χ1) is 11.0. The van der Waals surface area contributed by atoms with E-state index in [0.717, 1.165) is 12.1 Å². The minimum absolute atomic E-state index is 0.0599. The van der Waals surface area contributed by atoms with Crippen LogP contribution < -0.4 is 10.6 Å². The summed E-state index contributed by atoms with van der Waals surface area (Å²) in [5.74, 6) is 1.51. The van der Waals surface area contributed by atoms with Crippen LogP contribution in [0.1, 0.15) is 38.2 Å². The van der Waals surface area contributed by atoms with E-state index < -0.39 is 0 Å². The van der Waals surface area contributed by atoms with Crippen molar-refractivity contribution in [2.45, 2.75) is 33.7 Å². The van der Waals surface area contributed by atoms with Crippen LogP contribution in [-0.2, 0) is 0 Å². The Balaban J connectivity index is 2.37. The van der Waals surface area contributed by atoms with Gasteiger partial charge in [0.25, 0.3) is 5.91 Å². The predicted octanol–water partition coefficient (Wildman–Crippen LogP) is 3.35. The summed E-state index contributed by atoms with van der Waals surface area (Å²) >= 11 is 0. The normalized spacial score (nSPS) is 10.9. The van der Waals surface area contributed by atoms with Crippen LogP contribution in [-0.4, -0.2) is 28.5 Å². The zero-order valence-corrected chi connectivity index (χ0v) is 14.1. The molecule has 2 rings (SSSR count). The lowest BCUT2D eigenvalue weighted by Crippen LogP contribution is -2.31. The molecule has 1 aromatic carbocycles. The van der Waals surface area contributed by atoms with Crippen LogP contribution in [0.5, 0.6) is 0 Å². The van der Waals surface area contributed by atoms with E-state index in [4.69, 9.17) is 0 Å². The molecule has 0 aliphatic rings. The molecular weight excluding hydrogens is 288 g/mol. The van der Waals surface area contributed by atoms with Crippen molar-refractivity contribution in [2.75, 3.05) is 11.9 Å². The molecule has 5 nitrogen and oxygen atoms in total. The summed E-state index contributed by atoms with van der Waals surface area (Å²) in [4.78, 5) is 21.3. The van der Waals surface area contributed by atoms with E-state index in [1.54, 1.807) is 6.07 Å². The highest BCUT2D eigenvalue weighted by molar-refractivity contribution is 5.93. The standard InChI is InChI=1S/C18H24N4O/c1-12(2)11-19-16-10-15(18(23)20-13(3)4)21-17(22-16)14-8-6-5-7-9-14/h5-10,12-13H,11H2,1-4H3,(H,20,23)(H,19,21,22). The SMILES string of the molecule is CC(C)CNc1cc(C(=O)NC(C)C)nc(-c2ccccc2)n1. The maximum absolute atomic E-state index is 12.3. The molecule has 0 aliphatic heterocycles. The van der Waals surface area contributed by atoms with Crippen LogP contribution in [0, 0.1) is 5.92 Å². The van der Waals surface area contributed by atoms with E-state index in [0.29, 0.717) is 23.3 Å². The van der Waals surface area contributed by atoms with Crippen molar-refractivity contribution in [2.24, 2.45) is 5.92 Å². The van der Waals surface area contributed by atoms with Crippen molar-refractivity contribution in [1.82, 2.24) is 15.3 Å². The number of nitrogens with one attached hydrogen (secondary N) is 2. The zero-order chi connectivity index (χ0) is 16.8. The Morgan fingerprint density at radius 2 is 1.78 bits per heavy atom. The average molecular weight is 312 g/mol. The van der Waals surface area contributed by atoms with E-state index in [1.807, 2.05) is 44.2 Å². The molecule has 2 N–H and O–H groups in total. The first-order valence-electron chi connectivity index (χ1n) is 7.95. The number of rotatable bonds is 6. The molecule has 23 heavy (non-hydrogen) atoms. The molecule has 0 fully saturated rings. The molecule has 5 heteroatoms. The number of amides is 1. The topological polar surface area (TPSA) is 66.9 Å². The lowest BCUT2D eigenvalue weighted by molar-refractivity contribution is 0.0938. The second-order valence-corrected chi connectivity index (χ2v) is 6.23. The van der Waals surface area contributed by atoms with Gasteiger partial charge < -0.3 is 10.6 Å². The number of anilines is 1. The average Bonchev–Trinajstić information content (AvgIpc) is 2.53. The van der Waals surface area contributed by atoms with E-state index >= 15 is 0 Å². The highest BCUT2D eigenvalue weighted by Crippen LogP contribution is 2.18. The fourth-order valence-corrected chi connectivity index (χ4v) is 2.02. The van der Waals surface area contributed by atoms with Gasteiger partial charge in [-0.3, -0.25) is 4.79 Å². The lowest BCUT2D eigenvalue weighted by atomic mass is 10.2. The first-order valence-corrected chi connectivity index (χ1v) is 7.95. The molecule has 0 radical (unpaired) electrons. The van der Waals surface area contributed by atoms with Crippen LogP contribution >= 0.6 is 0 Å². The van der Waals surface area contributed by atoms with Gasteiger partial charge in [0.05, 0.1) is 0 Å². The summed E-state index contributed by atoms with van der Waals surface area (Å²) in [6.07, 6.45) is 0. The number of aromatic nitrogens is 2. The van der Waals surface area contributed by atoms with E-state index in [9.17, 15) is 4.79 Å². The molecule has 122 valence electrons. The van der Waals surface area contributed by atoms with Gasteiger partial charge >= 0.3 is 0 Å². The molecule has 0 unspecified atom stereocenters. The Labute approximate surface area is 137 Å². The minimum Gasteiger partial charge on any atom is -0.370 e. The van der Waals surface area contributed by atoms with Crippen LogP contribution in [0.3, 0.4) is 0 Å². The van der Waals surface area contributed by atoms with Crippen LogP contribution in [0.4, 0.5) is 5.82 Å². The second kappa shape index (κ2) is 7.72. The van der Waals surface area contributed by atoms with E-state index in [-0.39, 0.29) is 11.9 Å². The first kappa shape index (κ1) is 16.9. The fraction of sp³-hybridized carbons (Fsp3) is 0.389. The van der Waals surface area contributed by atoms with Crippen LogP contribution in [0.15, 0.2) is 36.4 Å². The van der Waals surface area contributed by atoms with Gasteiger partial charge in [-0.05, 0) is 19.8 Å². The highest BCUT2D eigenvalue weighted by atomic mass is 16.1. The quantitative estimate of drug-likeness (QED) is 0.858. The van der Waals surface area contributed by atoms with Crippen molar-refractivity contribution < 1.29 is 4.79 Å². The van der Waals surface area contributed by atoms with Crippen molar-refractivity contribution in [3.63, 3.8) is 0 Å². The molecule has 0 saturated carbocycles. The van der Waals surface area contributed by atoms with Gasteiger partial charge in [-0.15, -0.1) is 0 Å². The highest BCUT2D eigenvalue weighted by Gasteiger charge is 2.14. The number of hydrogen-bond donors (Lipinski definition) is 2. The van der Waals surface area contributed by atoms with Gasteiger partial charge in [-0.25, -0.2) is 9.97 Å². The molecule has 0 bridgehead atoms. The van der Waals surface area contributed by atoms with Gasteiger partial charge in [0.1, 0.15) is 11.5 Å². The van der Waals surface area contributed by atoms with Gasteiger partial charge in [0, 0.05) is 24.2 Å². The smallest absolute Gasteiger partial charge is 0.270 e. The Morgan fingerprint density at radius 3 is 2.39 bits per heavy atom. The Morgan fingerprint density at radius 1 is 1.09 bits per heavy atom. The van der Waals surface area contributed by atoms with Gasteiger partial charge in [-0.2, -0.15) is 0 Å². The molecule has 1 heterocycles. The molecule has 0 spiro atoms. The maximum atomic E-state index is 12.3. The van der Waals surface area contributed by atoms with Gasteiger partial charge in [0.15, 0.2) is 5.82 Å². The molecular formula is C18H24N4O. The van der Waals surface area contributed by atoms with Crippen molar-refractivity contribution in [3.8, 4) is 11.4 Å². The fourth-order valence-electron chi connectivity index (χ4n) is 2.02. The third-order valence-electron chi connectivity index (χ3n) is 3.10. The molecule has 1 aromatic heterocycles. The van der Waals surface area contributed by atoms with E-state index in [1.165, 1.54) is 0 Å². The summed E-state index contributed by atoms with van der Waals surface area (Å²) < 4.78 is 0. The Kier molecular flexibility index (Phi) is 5.68. The minimum atomic E-state index is -0.188. The Hall–Kier alpha value is -2.43. The van der Waals surface area contributed by atoms with Gasteiger partial charge in [-0.1, -0.05) is 44.2 Å². The summed E-state index contributed by atoms with van der Waals surface area (Å²) in [5, 5.41) is 6.14. The Bertz CT molecular complexity index is 653. The predicted molar refractivity (Wildman–Crippen MR) is 93.4 cm³/mol. The van der Waals surface area contributed by atoms with Gasteiger partial charge in [0.2, 0.25) is 0 Å². The number of hydrogen-bond acceptors (Lipinski definition) is 4. The number of carbonyl (C=O) groups excluding carboxylic acids is 1.